The van der Waals surface area contributed by atoms with Gasteiger partial charge in [0.25, 0.3) is 0 Å². The number of esters is 1. The van der Waals surface area contributed by atoms with Crippen molar-refractivity contribution >= 4 is 27.6 Å². The average molecular weight is 336 g/mol. The molecule has 0 amide bonds. The van der Waals surface area contributed by atoms with E-state index in [2.05, 4.69) is 15.9 Å². The number of carbonyl (C=O) groups excluding carboxylic acids is 1. The fourth-order valence-corrected chi connectivity index (χ4v) is 1.88. The second-order valence-corrected chi connectivity index (χ2v) is 4.94. The van der Waals surface area contributed by atoms with Gasteiger partial charge in [-0.1, -0.05) is 15.9 Å². The van der Waals surface area contributed by atoms with Gasteiger partial charge in [0.2, 0.25) is 0 Å². The van der Waals surface area contributed by atoms with E-state index in [-0.39, 0.29) is 0 Å². The van der Waals surface area contributed by atoms with Gasteiger partial charge in [0.15, 0.2) is 0 Å². The molecular formula is C15H14BrNO3. The molecule has 0 aromatic heterocycles. The van der Waals surface area contributed by atoms with Crippen LogP contribution in [0.1, 0.15) is 17.3 Å². The minimum absolute atomic E-state index is 0.329. The largest absolute Gasteiger partial charge is 0.462 e. The van der Waals surface area contributed by atoms with Crippen molar-refractivity contribution in [3.8, 4) is 11.5 Å². The number of halogens is 1. The van der Waals surface area contributed by atoms with Gasteiger partial charge in [0, 0.05) is 4.47 Å². The summed E-state index contributed by atoms with van der Waals surface area (Å²) in [6.45, 7) is 2.09. The molecule has 2 aromatic carbocycles. The van der Waals surface area contributed by atoms with Crippen LogP contribution < -0.4 is 10.5 Å². The molecule has 0 unspecified atom stereocenters. The highest BCUT2D eigenvalue weighted by Gasteiger charge is 2.10. The molecule has 0 aliphatic carbocycles. The lowest BCUT2D eigenvalue weighted by molar-refractivity contribution is 0.0526. The fraction of sp³-hybridized carbons (Fsp3) is 0.133. The summed E-state index contributed by atoms with van der Waals surface area (Å²) >= 11 is 3.35. The Kier molecular flexibility index (Phi) is 4.63. The van der Waals surface area contributed by atoms with Crippen molar-refractivity contribution in [1.82, 2.24) is 0 Å². The standard InChI is InChI=1S/C15H14BrNO3/c1-2-19-15(18)10-3-8-14(13(17)9-10)20-12-6-4-11(16)5-7-12/h3-9H,2,17H2,1H3. The molecule has 4 nitrogen and oxygen atoms in total. The Morgan fingerprint density at radius 1 is 1.20 bits per heavy atom. The van der Waals surface area contributed by atoms with Gasteiger partial charge >= 0.3 is 5.97 Å². The molecule has 0 aliphatic heterocycles. The number of anilines is 1. The van der Waals surface area contributed by atoms with Crippen LogP contribution in [0, 0.1) is 0 Å². The molecule has 104 valence electrons. The first-order valence-corrected chi connectivity index (χ1v) is 6.89. The van der Waals surface area contributed by atoms with Gasteiger partial charge in [-0.05, 0) is 49.4 Å². The number of ether oxygens (including phenoxy) is 2. The van der Waals surface area contributed by atoms with Crippen molar-refractivity contribution in [2.24, 2.45) is 0 Å². The summed E-state index contributed by atoms with van der Waals surface area (Å²) in [6.07, 6.45) is 0. The Morgan fingerprint density at radius 3 is 2.50 bits per heavy atom. The minimum Gasteiger partial charge on any atom is -0.462 e. The van der Waals surface area contributed by atoms with Gasteiger partial charge in [-0.25, -0.2) is 4.79 Å². The first kappa shape index (κ1) is 14.4. The molecule has 0 bridgehead atoms. The van der Waals surface area contributed by atoms with Crippen LogP contribution in [-0.4, -0.2) is 12.6 Å². The molecular weight excluding hydrogens is 322 g/mol. The molecule has 0 atom stereocenters. The number of benzene rings is 2. The number of rotatable bonds is 4. The van der Waals surface area contributed by atoms with Crippen molar-refractivity contribution in [3.05, 3.63) is 52.5 Å². The highest BCUT2D eigenvalue weighted by Crippen LogP contribution is 2.29. The number of nitrogens with two attached hydrogens (primary N) is 1. The molecule has 2 N–H and O–H groups in total. The van der Waals surface area contributed by atoms with Gasteiger partial charge in [-0.15, -0.1) is 0 Å². The summed E-state index contributed by atoms with van der Waals surface area (Å²) in [5.74, 6) is 0.776. The molecule has 0 aliphatic rings. The van der Waals surface area contributed by atoms with Crippen LogP contribution in [0.15, 0.2) is 46.9 Å². The summed E-state index contributed by atoms with van der Waals surface area (Å²) in [5, 5.41) is 0. The molecule has 2 rings (SSSR count). The van der Waals surface area contributed by atoms with Crippen molar-refractivity contribution < 1.29 is 14.3 Å². The van der Waals surface area contributed by atoms with E-state index >= 15 is 0 Å². The third-order valence-corrected chi connectivity index (χ3v) is 3.09. The smallest absolute Gasteiger partial charge is 0.338 e. The average Bonchev–Trinajstić information content (AvgIpc) is 2.43. The number of carbonyl (C=O) groups is 1. The van der Waals surface area contributed by atoms with Crippen molar-refractivity contribution in [1.29, 1.82) is 0 Å². The van der Waals surface area contributed by atoms with E-state index in [0.29, 0.717) is 29.4 Å². The zero-order chi connectivity index (χ0) is 14.5. The van der Waals surface area contributed by atoms with Crippen LogP contribution in [-0.2, 0) is 4.74 Å². The van der Waals surface area contributed by atoms with E-state index < -0.39 is 5.97 Å². The lowest BCUT2D eigenvalue weighted by Crippen LogP contribution is -2.05. The van der Waals surface area contributed by atoms with Crippen LogP contribution in [0.25, 0.3) is 0 Å². The molecule has 2 aromatic rings. The zero-order valence-electron chi connectivity index (χ0n) is 10.9. The summed E-state index contributed by atoms with van der Waals surface area (Å²) in [7, 11) is 0. The first-order chi connectivity index (χ1) is 9.60. The fourth-order valence-electron chi connectivity index (χ4n) is 1.61. The van der Waals surface area contributed by atoms with Crippen LogP contribution in [0.4, 0.5) is 5.69 Å². The molecule has 0 heterocycles. The number of hydrogen-bond acceptors (Lipinski definition) is 4. The highest BCUT2D eigenvalue weighted by atomic mass is 79.9. The predicted molar refractivity (Wildman–Crippen MR) is 81.0 cm³/mol. The quantitative estimate of drug-likeness (QED) is 0.677. The number of hydrogen-bond donors (Lipinski definition) is 1. The van der Waals surface area contributed by atoms with Gasteiger partial charge in [0.05, 0.1) is 17.9 Å². The van der Waals surface area contributed by atoms with E-state index in [9.17, 15) is 4.79 Å². The monoisotopic (exact) mass is 335 g/mol. The van der Waals surface area contributed by atoms with Gasteiger partial charge in [0.1, 0.15) is 11.5 Å². The van der Waals surface area contributed by atoms with Gasteiger partial charge in [-0.3, -0.25) is 0 Å². The lowest BCUT2D eigenvalue weighted by Gasteiger charge is -2.10. The third kappa shape index (κ3) is 3.51. The second-order valence-electron chi connectivity index (χ2n) is 4.03. The molecule has 0 saturated heterocycles. The Bertz CT molecular complexity index is 611. The highest BCUT2D eigenvalue weighted by molar-refractivity contribution is 9.10. The van der Waals surface area contributed by atoms with Crippen LogP contribution >= 0.6 is 15.9 Å². The molecule has 0 fully saturated rings. The number of nitrogen functional groups attached to an aromatic ring is 1. The summed E-state index contributed by atoms with van der Waals surface area (Å²) in [6, 6.07) is 12.2. The Labute approximate surface area is 125 Å². The van der Waals surface area contributed by atoms with Gasteiger partial charge < -0.3 is 15.2 Å². The van der Waals surface area contributed by atoms with E-state index in [1.807, 2.05) is 24.3 Å². The summed E-state index contributed by atoms with van der Waals surface area (Å²) in [5.41, 5.74) is 6.69. The van der Waals surface area contributed by atoms with E-state index in [1.165, 1.54) is 0 Å². The van der Waals surface area contributed by atoms with Crippen molar-refractivity contribution in [3.63, 3.8) is 0 Å². The maximum Gasteiger partial charge on any atom is 0.338 e. The minimum atomic E-state index is -0.394. The van der Waals surface area contributed by atoms with Crippen LogP contribution in [0.3, 0.4) is 0 Å². The van der Waals surface area contributed by atoms with E-state index in [0.717, 1.165) is 4.47 Å². The van der Waals surface area contributed by atoms with Crippen molar-refractivity contribution in [2.45, 2.75) is 6.92 Å². The molecule has 20 heavy (non-hydrogen) atoms. The normalized spacial score (nSPS) is 10.1. The molecule has 0 saturated carbocycles. The topological polar surface area (TPSA) is 61.5 Å². The third-order valence-electron chi connectivity index (χ3n) is 2.56. The summed E-state index contributed by atoms with van der Waals surface area (Å²) in [4.78, 5) is 11.6. The predicted octanol–water partition coefficient (Wildman–Crippen LogP) is 4.00. The maximum absolute atomic E-state index is 11.6. The maximum atomic E-state index is 11.6. The zero-order valence-corrected chi connectivity index (χ0v) is 12.5. The van der Waals surface area contributed by atoms with Gasteiger partial charge in [-0.2, -0.15) is 0 Å². The summed E-state index contributed by atoms with van der Waals surface area (Å²) < 4.78 is 11.5. The lowest BCUT2D eigenvalue weighted by atomic mass is 10.2. The van der Waals surface area contributed by atoms with Crippen LogP contribution in [0.2, 0.25) is 0 Å². The van der Waals surface area contributed by atoms with Crippen molar-refractivity contribution in [2.75, 3.05) is 12.3 Å². The van der Waals surface area contributed by atoms with Crippen LogP contribution in [0.5, 0.6) is 11.5 Å². The van der Waals surface area contributed by atoms with E-state index in [4.69, 9.17) is 15.2 Å². The SMILES string of the molecule is CCOC(=O)c1ccc(Oc2ccc(Br)cc2)c(N)c1. The molecule has 0 spiro atoms. The Morgan fingerprint density at radius 2 is 1.90 bits per heavy atom. The Hall–Kier alpha value is -2.01. The molecule has 0 radical (unpaired) electrons. The second kappa shape index (κ2) is 6.43. The first-order valence-electron chi connectivity index (χ1n) is 6.10. The van der Waals surface area contributed by atoms with E-state index in [1.54, 1.807) is 25.1 Å². The Balaban J connectivity index is 2.17. The molecule has 5 heteroatoms.